The predicted molar refractivity (Wildman–Crippen MR) is 106 cm³/mol. The topological polar surface area (TPSA) is 107 Å². The number of pyridine rings is 2. The third kappa shape index (κ3) is 4.07. The number of nitrogens with one attached hydrogen (secondary N) is 1. The second-order valence-corrected chi connectivity index (χ2v) is 6.89. The van der Waals surface area contributed by atoms with E-state index in [1.807, 2.05) is 12.1 Å². The van der Waals surface area contributed by atoms with Gasteiger partial charge in [0.15, 0.2) is 0 Å². The Morgan fingerprint density at radius 3 is 2.57 bits per heavy atom. The molecule has 0 atom stereocenters. The summed E-state index contributed by atoms with van der Waals surface area (Å²) in [5.41, 5.74) is 8.23. The first-order valence-corrected chi connectivity index (χ1v) is 9.59. The Morgan fingerprint density at radius 2 is 1.79 bits per heavy atom. The lowest BCUT2D eigenvalue weighted by atomic mass is 10.0. The number of nitrogen functional groups attached to an aromatic ring is 1. The Bertz CT molecular complexity index is 832. The highest BCUT2D eigenvalue weighted by Gasteiger charge is 2.22. The second kappa shape index (κ2) is 8.53. The second-order valence-electron chi connectivity index (χ2n) is 6.89. The molecule has 0 aliphatic carbocycles. The fourth-order valence-electron chi connectivity index (χ4n) is 3.43. The predicted octanol–water partition coefficient (Wildman–Crippen LogP) is 1.87. The summed E-state index contributed by atoms with van der Waals surface area (Å²) in [5.74, 6) is 1.24. The molecule has 0 radical (unpaired) electrons. The Kier molecular flexibility index (Phi) is 5.68. The van der Waals surface area contributed by atoms with E-state index in [1.165, 1.54) is 0 Å². The fourth-order valence-corrected chi connectivity index (χ4v) is 3.43. The standard InChI is InChI=1S/C20H25N5O3/c21-16-2-6-24-20(28-15-3-9-26-10-4-15)18(16)19(22)14-1-5-23-17(13-14)25-7-11-27-12-8-25/h1-2,5-6,13,15,22H,3-4,7-12H2,(H2,21,24). The van der Waals surface area contributed by atoms with Crippen LogP contribution in [-0.2, 0) is 9.47 Å². The normalized spacial score (nSPS) is 18.1. The quantitative estimate of drug-likeness (QED) is 0.759. The molecule has 0 bridgehead atoms. The van der Waals surface area contributed by atoms with Crippen LogP contribution in [0.4, 0.5) is 11.5 Å². The van der Waals surface area contributed by atoms with Crippen LogP contribution in [0.1, 0.15) is 24.0 Å². The lowest BCUT2D eigenvalue weighted by Crippen LogP contribution is -2.36. The summed E-state index contributed by atoms with van der Waals surface area (Å²) in [5, 5.41) is 8.78. The van der Waals surface area contributed by atoms with E-state index in [0.717, 1.165) is 37.3 Å². The number of nitrogens with zero attached hydrogens (tertiary/aromatic N) is 3. The van der Waals surface area contributed by atoms with Crippen LogP contribution in [0.5, 0.6) is 5.88 Å². The van der Waals surface area contributed by atoms with E-state index in [1.54, 1.807) is 18.5 Å². The van der Waals surface area contributed by atoms with Gasteiger partial charge in [-0.3, -0.25) is 5.41 Å². The minimum absolute atomic E-state index is 0.0240. The number of hydrogen-bond donors (Lipinski definition) is 2. The van der Waals surface area contributed by atoms with Gasteiger partial charge in [0.2, 0.25) is 5.88 Å². The minimum atomic E-state index is 0.0240. The molecule has 4 rings (SSSR count). The van der Waals surface area contributed by atoms with Crippen LogP contribution in [0.15, 0.2) is 30.6 Å². The fraction of sp³-hybridized carbons (Fsp3) is 0.450. The zero-order valence-electron chi connectivity index (χ0n) is 15.8. The smallest absolute Gasteiger partial charge is 0.225 e. The van der Waals surface area contributed by atoms with E-state index < -0.39 is 0 Å². The lowest BCUT2D eigenvalue weighted by molar-refractivity contribution is 0.0237. The number of hydrogen-bond acceptors (Lipinski definition) is 8. The molecule has 0 spiro atoms. The summed E-state index contributed by atoms with van der Waals surface area (Å²) < 4.78 is 16.9. The van der Waals surface area contributed by atoms with E-state index in [4.69, 9.17) is 25.4 Å². The SMILES string of the molecule is N=C(c1ccnc(N2CCOCC2)c1)c1c(N)ccnc1OC1CCOCC1. The Hall–Kier alpha value is -2.71. The number of rotatable bonds is 5. The zero-order valence-corrected chi connectivity index (χ0v) is 15.8. The molecule has 0 saturated carbocycles. The first kappa shape index (κ1) is 18.6. The van der Waals surface area contributed by atoms with Gasteiger partial charge in [0.1, 0.15) is 11.9 Å². The van der Waals surface area contributed by atoms with Crippen molar-refractivity contribution < 1.29 is 14.2 Å². The summed E-state index contributed by atoms with van der Waals surface area (Å²) in [7, 11) is 0. The average Bonchev–Trinajstić information content (AvgIpc) is 2.75. The highest BCUT2D eigenvalue weighted by atomic mass is 16.5. The van der Waals surface area contributed by atoms with Crippen molar-refractivity contribution in [2.75, 3.05) is 50.2 Å². The largest absolute Gasteiger partial charge is 0.474 e. The Balaban J connectivity index is 1.60. The molecule has 8 heteroatoms. The van der Waals surface area contributed by atoms with Gasteiger partial charge in [0.05, 0.1) is 37.7 Å². The van der Waals surface area contributed by atoms with Gasteiger partial charge < -0.3 is 24.8 Å². The van der Waals surface area contributed by atoms with E-state index in [-0.39, 0.29) is 11.8 Å². The van der Waals surface area contributed by atoms with E-state index >= 15 is 0 Å². The molecule has 2 aliphatic rings. The van der Waals surface area contributed by atoms with E-state index in [2.05, 4.69) is 14.9 Å². The number of morpholine rings is 1. The maximum atomic E-state index is 8.78. The maximum Gasteiger partial charge on any atom is 0.225 e. The van der Waals surface area contributed by atoms with Crippen molar-refractivity contribution in [3.63, 3.8) is 0 Å². The van der Waals surface area contributed by atoms with Crippen LogP contribution in [0.25, 0.3) is 0 Å². The van der Waals surface area contributed by atoms with Crippen LogP contribution < -0.4 is 15.4 Å². The monoisotopic (exact) mass is 383 g/mol. The van der Waals surface area contributed by atoms with E-state index in [9.17, 15) is 0 Å². The summed E-state index contributed by atoms with van der Waals surface area (Å²) in [6, 6.07) is 5.43. The van der Waals surface area contributed by atoms with Gasteiger partial charge in [-0.2, -0.15) is 0 Å². The van der Waals surface area contributed by atoms with Crippen molar-refractivity contribution in [1.82, 2.24) is 9.97 Å². The summed E-state index contributed by atoms with van der Waals surface area (Å²) >= 11 is 0. The van der Waals surface area contributed by atoms with Gasteiger partial charge in [-0.05, 0) is 18.2 Å². The molecule has 2 fully saturated rings. The number of aromatic nitrogens is 2. The molecule has 4 heterocycles. The molecule has 0 amide bonds. The third-order valence-electron chi connectivity index (χ3n) is 5.01. The summed E-state index contributed by atoms with van der Waals surface area (Å²) in [6.45, 7) is 4.29. The van der Waals surface area contributed by atoms with Crippen LogP contribution in [0.3, 0.4) is 0 Å². The zero-order chi connectivity index (χ0) is 19.3. The van der Waals surface area contributed by atoms with Gasteiger partial charge >= 0.3 is 0 Å². The van der Waals surface area contributed by atoms with Crippen LogP contribution in [-0.4, -0.2) is 61.3 Å². The van der Waals surface area contributed by atoms with Crippen molar-refractivity contribution in [3.8, 4) is 5.88 Å². The molecule has 28 heavy (non-hydrogen) atoms. The van der Waals surface area contributed by atoms with Gasteiger partial charge in [-0.25, -0.2) is 9.97 Å². The van der Waals surface area contributed by atoms with Crippen molar-refractivity contribution in [3.05, 3.63) is 41.7 Å². The van der Waals surface area contributed by atoms with Gasteiger partial charge in [0, 0.05) is 49.6 Å². The van der Waals surface area contributed by atoms with Gasteiger partial charge in [-0.15, -0.1) is 0 Å². The minimum Gasteiger partial charge on any atom is -0.474 e. The molecule has 2 aromatic heterocycles. The third-order valence-corrected chi connectivity index (χ3v) is 5.01. The first-order valence-electron chi connectivity index (χ1n) is 9.59. The molecule has 0 aromatic carbocycles. The van der Waals surface area contributed by atoms with Gasteiger partial charge in [0.25, 0.3) is 0 Å². The number of nitrogens with two attached hydrogens (primary N) is 1. The molecule has 148 valence electrons. The van der Waals surface area contributed by atoms with Gasteiger partial charge in [-0.1, -0.05) is 0 Å². The number of anilines is 2. The van der Waals surface area contributed by atoms with Crippen molar-refractivity contribution in [1.29, 1.82) is 5.41 Å². The molecular weight excluding hydrogens is 358 g/mol. The lowest BCUT2D eigenvalue weighted by Gasteiger charge is -2.28. The highest BCUT2D eigenvalue weighted by molar-refractivity contribution is 6.15. The first-order chi connectivity index (χ1) is 13.7. The van der Waals surface area contributed by atoms with Crippen LogP contribution in [0, 0.1) is 5.41 Å². The van der Waals surface area contributed by atoms with E-state index in [0.29, 0.717) is 43.6 Å². The molecule has 2 aliphatic heterocycles. The Morgan fingerprint density at radius 1 is 1.07 bits per heavy atom. The molecule has 2 saturated heterocycles. The highest BCUT2D eigenvalue weighted by Crippen LogP contribution is 2.28. The maximum absolute atomic E-state index is 8.78. The molecule has 2 aromatic rings. The molecule has 0 unspecified atom stereocenters. The summed E-state index contributed by atoms with van der Waals surface area (Å²) in [6.07, 6.45) is 4.97. The van der Waals surface area contributed by atoms with Crippen LogP contribution >= 0.6 is 0 Å². The van der Waals surface area contributed by atoms with Crippen molar-refractivity contribution in [2.45, 2.75) is 18.9 Å². The van der Waals surface area contributed by atoms with Crippen molar-refractivity contribution in [2.24, 2.45) is 0 Å². The molecule has 3 N–H and O–H groups in total. The summed E-state index contributed by atoms with van der Waals surface area (Å²) in [4.78, 5) is 11.0. The van der Waals surface area contributed by atoms with Crippen LogP contribution in [0.2, 0.25) is 0 Å². The molecule has 8 nitrogen and oxygen atoms in total. The van der Waals surface area contributed by atoms with Crippen molar-refractivity contribution >= 4 is 17.2 Å². The molecular formula is C20H25N5O3. The number of ether oxygens (including phenoxy) is 3. The Labute approximate surface area is 164 Å². The average molecular weight is 383 g/mol.